The average Bonchev–Trinajstić information content (AvgIpc) is 2.59. The highest BCUT2D eigenvalue weighted by molar-refractivity contribution is 5.75. The van der Waals surface area contributed by atoms with E-state index < -0.39 is 42.2 Å². The Morgan fingerprint density at radius 2 is 1.90 bits per heavy atom. The summed E-state index contributed by atoms with van der Waals surface area (Å²) in [5.74, 6) is -1.19. The number of allylic oxidation sites excluding steroid dienone is 2. The minimum atomic E-state index is -1.10. The predicted octanol–water partition coefficient (Wildman–Crippen LogP) is 2.44. The molecule has 30 heavy (non-hydrogen) atoms. The molecule has 4 N–H and O–H groups in total. The molecule has 0 saturated carbocycles. The summed E-state index contributed by atoms with van der Waals surface area (Å²) in [7, 11) is 0. The van der Waals surface area contributed by atoms with Crippen molar-refractivity contribution in [1.29, 1.82) is 0 Å². The first-order chi connectivity index (χ1) is 13.9. The number of aliphatic hydroxyl groups is 3. The summed E-state index contributed by atoms with van der Waals surface area (Å²) < 4.78 is 5.85. The molecular weight excluding hydrogens is 388 g/mol. The zero-order valence-corrected chi connectivity index (χ0v) is 18.3. The summed E-state index contributed by atoms with van der Waals surface area (Å²) in [6.07, 6.45) is 3.86. The number of rotatable bonds is 8. The van der Waals surface area contributed by atoms with E-state index in [1.54, 1.807) is 20.8 Å². The molecule has 0 bridgehead atoms. The minimum absolute atomic E-state index is 0.0117. The van der Waals surface area contributed by atoms with Gasteiger partial charge in [0.25, 0.3) is 0 Å². The van der Waals surface area contributed by atoms with Gasteiger partial charge in [0.15, 0.2) is 0 Å². The van der Waals surface area contributed by atoms with Gasteiger partial charge in [0.1, 0.15) is 6.10 Å². The molecule has 2 aliphatic carbocycles. The molecule has 0 radical (unpaired) electrons. The third-order valence-corrected chi connectivity index (χ3v) is 6.03. The monoisotopic (exact) mass is 424 g/mol. The molecule has 0 fully saturated rings. The van der Waals surface area contributed by atoms with Crippen LogP contribution < -0.4 is 0 Å². The van der Waals surface area contributed by atoms with Crippen LogP contribution in [0.1, 0.15) is 59.8 Å². The van der Waals surface area contributed by atoms with Gasteiger partial charge in [0, 0.05) is 12.3 Å². The van der Waals surface area contributed by atoms with Crippen molar-refractivity contribution < 1.29 is 34.8 Å². The summed E-state index contributed by atoms with van der Waals surface area (Å²) in [4.78, 5) is 23.2. The van der Waals surface area contributed by atoms with Gasteiger partial charge in [-0.2, -0.15) is 0 Å². The molecule has 0 aromatic heterocycles. The van der Waals surface area contributed by atoms with E-state index >= 15 is 0 Å². The van der Waals surface area contributed by atoms with Gasteiger partial charge in [-0.25, -0.2) is 0 Å². The molecule has 0 aliphatic heterocycles. The molecule has 7 heteroatoms. The standard InChI is InChI=1S/C23H36O7/c1-13-5-6-14-9-16(25)11-19(30-22(29)23(2,3)4)21(14)18(13)8-7-15(24)10-17(26)12-20(27)28/h5-6,9,13,15-19,21,24-26H,7-8,10-12H2,1-4H3,(H,27,28)/t13-,15+,16+,17+,18-,19-,21-/m0/s1. The van der Waals surface area contributed by atoms with Crippen LogP contribution in [-0.4, -0.2) is 56.8 Å². The van der Waals surface area contributed by atoms with Crippen molar-refractivity contribution in [2.75, 3.05) is 0 Å². The lowest BCUT2D eigenvalue weighted by Crippen LogP contribution is -2.44. The Morgan fingerprint density at radius 3 is 2.50 bits per heavy atom. The van der Waals surface area contributed by atoms with Crippen molar-refractivity contribution in [3.05, 3.63) is 23.8 Å². The highest BCUT2D eigenvalue weighted by atomic mass is 16.5. The Balaban J connectivity index is 2.11. The number of carboxylic acids is 1. The molecule has 2 rings (SSSR count). The Bertz CT molecular complexity index is 676. The molecule has 0 spiro atoms. The Morgan fingerprint density at radius 1 is 1.23 bits per heavy atom. The lowest BCUT2D eigenvalue weighted by atomic mass is 9.66. The summed E-state index contributed by atoms with van der Waals surface area (Å²) in [6, 6.07) is 0. The molecule has 0 amide bonds. The maximum Gasteiger partial charge on any atom is 0.311 e. The van der Waals surface area contributed by atoms with Gasteiger partial charge in [-0.1, -0.05) is 25.2 Å². The van der Waals surface area contributed by atoms with Crippen LogP contribution >= 0.6 is 0 Å². The number of esters is 1. The topological polar surface area (TPSA) is 124 Å². The summed E-state index contributed by atoms with van der Waals surface area (Å²) in [5.41, 5.74) is 0.304. The van der Waals surface area contributed by atoms with E-state index in [4.69, 9.17) is 9.84 Å². The number of carboxylic acid groups (broad SMARTS) is 1. The van der Waals surface area contributed by atoms with Crippen LogP contribution in [0.3, 0.4) is 0 Å². The van der Waals surface area contributed by atoms with Gasteiger partial charge in [-0.3, -0.25) is 9.59 Å². The normalized spacial score (nSPS) is 30.8. The SMILES string of the molecule is C[C@H]1C=CC2=C[C@@H](O)C[C@H](OC(=O)C(C)(C)C)[C@@H]2[C@H]1CC[C@@H](O)C[C@@H](O)CC(=O)O. The molecule has 0 heterocycles. The van der Waals surface area contributed by atoms with Crippen molar-refractivity contribution in [2.24, 2.45) is 23.2 Å². The van der Waals surface area contributed by atoms with E-state index in [1.165, 1.54) is 0 Å². The highest BCUT2D eigenvalue weighted by Gasteiger charge is 2.42. The number of aliphatic hydroxyl groups excluding tert-OH is 3. The number of hydrogen-bond acceptors (Lipinski definition) is 6. The van der Waals surface area contributed by atoms with Crippen molar-refractivity contribution in [2.45, 2.75) is 84.2 Å². The summed E-state index contributed by atoms with van der Waals surface area (Å²) >= 11 is 0. The largest absolute Gasteiger partial charge is 0.481 e. The molecule has 7 atom stereocenters. The second-order valence-corrected chi connectivity index (χ2v) is 9.79. The average molecular weight is 425 g/mol. The second-order valence-electron chi connectivity index (χ2n) is 9.79. The van der Waals surface area contributed by atoms with E-state index in [-0.39, 0.29) is 30.1 Å². The van der Waals surface area contributed by atoms with Crippen molar-refractivity contribution in [3.8, 4) is 0 Å². The predicted molar refractivity (Wildman–Crippen MR) is 111 cm³/mol. The van der Waals surface area contributed by atoms with Gasteiger partial charge in [-0.15, -0.1) is 0 Å². The third kappa shape index (κ3) is 6.65. The van der Waals surface area contributed by atoms with Crippen LogP contribution in [-0.2, 0) is 14.3 Å². The lowest BCUT2D eigenvalue weighted by Gasteiger charge is -2.43. The molecule has 170 valence electrons. The molecule has 7 nitrogen and oxygen atoms in total. The van der Waals surface area contributed by atoms with E-state index in [0.29, 0.717) is 19.3 Å². The molecule has 0 aromatic rings. The first kappa shape index (κ1) is 24.6. The lowest BCUT2D eigenvalue weighted by molar-refractivity contribution is -0.164. The van der Waals surface area contributed by atoms with Crippen LogP contribution in [0, 0.1) is 23.2 Å². The van der Waals surface area contributed by atoms with Crippen molar-refractivity contribution in [3.63, 3.8) is 0 Å². The van der Waals surface area contributed by atoms with Crippen molar-refractivity contribution >= 4 is 11.9 Å². The second kappa shape index (κ2) is 10.1. The number of aliphatic carboxylic acids is 1. The quantitative estimate of drug-likeness (QED) is 0.441. The molecular formula is C23H36O7. The fraction of sp³-hybridized carbons (Fsp3) is 0.739. The van der Waals surface area contributed by atoms with Gasteiger partial charge >= 0.3 is 11.9 Å². The van der Waals surface area contributed by atoms with Gasteiger partial charge in [0.2, 0.25) is 0 Å². The van der Waals surface area contributed by atoms with Crippen LogP contribution in [0.2, 0.25) is 0 Å². The van der Waals surface area contributed by atoms with Crippen LogP contribution in [0.25, 0.3) is 0 Å². The smallest absolute Gasteiger partial charge is 0.311 e. The molecule has 0 saturated heterocycles. The Labute approximate surface area is 178 Å². The zero-order valence-electron chi connectivity index (χ0n) is 18.3. The van der Waals surface area contributed by atoms with Gasteiger partial charge in [-0.05, 0) is 57.4 Å². The number of fused-ring (bicyclic) bond motifs is 1. The van der Waals surface area contributed by atoms with Gasteiger partial charge < -0.3 is 25.2 Å². The molecule has 0 unspecified atom stereocenters. The zero-order chi connectivity index (χ0) is 22.6. The minimum Gasteiger partial charge on any atom is -0.481 e. The number of carbonyl (C=O) groups excluding carboxylic acids is 1. The first-order valence-corrected chi connectivity index (χ1v) is 10.8. The highest BCUT2D eigenvalue weighted by Crippen LogP contribution is 2.44. The summed E-state index contributed by atoms with van der Waals surface area (Å²) in [5, 5.41) is 39.1. The van der Waals surface area contributed by atoms with E-state index in [0.717, 1.165) is 5.57 Å². The van der Waals surface area contributed by atoms with Crippen LogP contribution in [0.5, 0.6) is 0 Å². The number of ether oxygens (including phenoxy) is 1. The maximum absolute atomic E-state index is 12.5. The van der Waals surface area contributed by atoms with E-state index in [2.05, 4.69) is 13.0 Å². The van der Waals surface area contributed by atoms with E-state index in [9.17, 15) is 24.9 Å². The number of hydrogen-bond donors (Lipinski definition) is 4. The van der Waals surface area contributed by atoms with Crippen LogP contribution in [0.15, 0.2) is 23.8 Å². The summed E-state index contributed by atoms with van der Waals surface area (Å²) in [6.45, 7) is 7.47. The maximum atomic E-state index is 12.5. The molecule has 0 aromatic carbocycles. The van der Waals surface area contributed by atoms with Gasteiger partial charge in [0.05, 0.1) is 30.1 Å². The molecule has 2 aliphatic rings. The van der Waals surface area contributed by atoms with Crippen LogP contribution in [0.4, 0.5) is 0 Å². The Hall–Kier alpha value is -1.70. The number of carbonyl (C=O) groups is 2. The van der Waals surface area contributed by atoms with E-state index in [1.807, 2.05) is 12.2 Å². The van der Waals surface area contributed by atoms with Crippen molar-refractivity contribution in [1.82, 2.24) is 0 Å². The fourth-order valence-corrected chi connectivity index (χ4v) is 4.40. The first-order valence-electron chi connectivity index (χ1n) is 10.8. The Kier molecular flexibility index (Phi) is 8.25. The third-order valence-electron chi connectivity index (χ3n) is 6.03. The fourth-order valence-electron chi connectivity index (χ4n) is 4.40.